The summed E-state index contributed by atoms with van der Waals surface area (Å²) in [7, 11) is -5.46. The molecule has 1 saturated heterocycles. The van der Waals surface area contributed by atoms with Gasteiger partial charge in [0.1, 0.15) is 29.4 Å². The summed E-state index contributed by atoms with van der Waals surface area (Å²) in [4.78, 5) is 142. The molecule has 1 fully saturated rings. The number of hydrogen-bond donors (Lipinski definition) is 13. The number of rotatable bonds is 34. The molecule has 5 rings (SSSR count). The maximum Gasteiger partial charge on any atom is 0.325 e. The van der Waals surface area contributed by atoms with Crippen LogP contribution in [-0.4, -0.2) is 286 Å². The zero-order chi connectivity index (χ0) is 73.4. The number of anilines is 1. The van der Waals surface area contributed by atoms with Crippen LogP contribution < -0.4 is 46.8 Å². The van der Waals surface area contributed by atoms with E-state index in [9.17, 15) is 83.7 Å². The summed E-state index contributed by atoms with van der Waals surface area (Å²) in [5.41, 5.74) is 0.910. The average Bonchev–Trinajstić information content (AvgIpc) is 0.878. The number of benzene rings is 2. The summed E-state index contributed by atoms with van der Waals surface area (Å²) < 4.78 is 119. The molecule has 13 N–H and O–H groups in total. The van der Waals surface area contributed by atoms with Gasteiger partial charge < -0.3 is 92.0 Å². The molecule has 0 saturated carbocycles. The van der Waals surface area contributed by atoms with Crippen molar-refractivity contribution in [3.8, 4) is 5.75 Å². The molecule has 40 heteroatoms. The van der Waals surface area contributed by atoms with Crippen LogP contribution in [0.2, 0.25) is 0 Å². The third-order valence-electron chi connectivity index (χ3n) is 15.4. The fourth-order valence-corrected chi connectivity index (χ4v) is 13.3. The second-order valence-corrected chi connectivity index (χ2v) is 27.9. The topological polar surface area (TPSA) is 492 Å². The van der Waals surface area contributed by atoms with Crippen molar-refractivity contribution in [2.45, 2.75) is 56.3 Å². The largest absolute Gasteiger partial charge is 0.494 e. The lowest BCUT2D eigenvalue weighted by Gasteiger charge is -2.33. The van der Waals surface area contributed by atoms with E-state index in [0.29, 0.717) is 18.0 Å². The number of hydrogen-bond acceptors (Lipinski definition) is 29. The number of pyridine rings is 1. The molecule has 2 aromatic carbocycles. The SMILES string of the molecule is COC(=O)CN1CCN(CC(=O)N[C@@H](CS(O)(O)O)C(=O)N[C@@H](CS(O)(O)O)C(=O)NCCNC(=O)CCCOc2cc(C)c(S(=O)(=O)N[C@@H](CNC(=O)c3cn(C)c4cc(CNc5nccn5C)ccc4c3=O)C(=O)OC)c(C)c2)CCN(CC(=O)OC)CCN(CC(=O)OC)CC1. The maximum atomic E-state index is 13.9. The first-order chi connectivity index (χ1) is 46.6. The number of methoxy groups -OCH3 is 4. The van der Waals surface area contributed by atoms with Crippen molar-refractivity contribution < 1.29 is 103 Å². The highest BCUT2D eigenvalue weighted by Gasteiger charge is 2.35. The minimum atomic E-state index is -4.57. The van der Waals surface area contributed by atoms with Crippen molar-refractivity contribution >= 4 is 102 Å². The summed E-state index contributed by atoms with van der Waals surface area (Å²) in [6, 6.07) is 2.33. The lowest BCUT2D eigenvalue weighted by atomic mass is 10.1. The van der Waals surface area contributed by atoms with Gasteiger partial charge in [0, 0.05) is 123 Å². The number of imidazole rings is 1. The van der Waals surface area contributed by atoms with Crippen LogP contribution >= 0.6 is 21.7 Å². The molecule has 99 heavy (non-hydrogen) atoms. The van der Waals surface area contributed by atoms with Crippen molar-refractivity contribution in [3.05, 3.63) is 81.4 Å². The number of carbonyl (C=O) groups is 9. The fraction of sp³-hybridized carbons (Fsp3) is 0.542. The Morgan fingerprint density at radius 2 is 1.13 bits per heavy atom. The van der Waals surface area contributed by atoms with E-state index in [1.165, 1.54) is 53.5 Å². The van der Waals surface area contributed by atoms with Crippen LogP contribution in [0.5, 0.6) is 5.75 Å². The van der Waals surface area contributed by atoms with E-state index in [2.05, 4.69) is 41.6 Å². The van der Waals surface area contributed by atoms with E-state index >= 15 is 0 Å². The van der Waals surface area contributed by atoms with Gasteiger partial charge in [0.2, 0.25) is 45.0 Å². The summed E-state index contributed by atoms with van der Waals surface area (Å²) in [6.07, 6.45) is 4.79. The number of fused-ring (bicyclic) bond motifs is 1. The van der Waals surface area contributed by atoms with E-state index in [-0.39, 0.29) is 137 Å². The van der Waals surface area contributed by atoms with Crippen molar-refractivity contribution in [2.24, 2.45) is 14.1 Å². The van der Waals surface area contributed by atoms with E-state index in [4.69, 9.17) is 23.7 Å². The standard InChI is InChI=1S/C59H90N14O23S3/c1-38-26-41(27-39(2)54(38)99(90,91)67-44(58(83)95-8)30-63-55(80)43-31-69(4)47-28-40(11-12-42(47)53(43)79)29-64-59-62-15-16-68(59)3)96-25-9-10-48(74)60-13-14-61-56(81)45(36-97(84,85)86)66-57(82)46(37-98(87,88)89)65-49(75)32-70-17-19-71(33-50(76)92-5)21-23-73(35-52(78)94-7)24-22-72(20-18-70)34-51(77)93-6/h11-12,15-16,26-28,31,44-46,67,84-89H,9-10,13-14,17-25,29-30,32-37H2,1-8H3,(H,60,74)(H,61,81)(H,62,64)(H,63,80)(H,65,75)(H,66,82)/t44-,45-,46-/m0/s1. The van der Waals surface area contributed by atoms with Crippen LogP contribution in [0.25, 0.3) is 10.9 Å². The monoisotopic (exact) mass is 1460 g/mol. The Balaban J connectivity index is 1.12. The molecular formula is C59H90N14O23S3. The van der Waals surface area contributed by atoms with E-state index < -0.39 is 133 Å². The number of aromatic nitrogens is 3. The number of esters is 4. The van der Waals surface area contributed by atoms with Crippen LogP contribution in [0.3, 0.4) is 0 Å². The summed E-state index contributed by atoms with van der Waals surface area (Å²) >= 11 is 0. The molecular weight excluding hydrogens is 1370 g/mol. The Labute approximate surface area is 574 Å². The Morgan fingerprint density at radius 1 is 0.616 bits per heavy atom. The molecule has 2 aromatic heterocycles. The predicted octanol–water partition coefficient (Wildman–Crippen LogP) is -1.70. The van der Waals surface area contributed by atoms with Gasteiger partial charge in [-0.15, -0.1) is 0 Å². The highest BCUT2D eigenvalue weighted by atomic mass is 32.3. The van der Waals surface area contributed by atoms with E-state index in [0.717, 1.165) is 12.7 Å². The third-order valence-corrected chi connectivity index (χ3v) is 18.7. The van der Waals surface area contributed by atoms with Crippen molar-refractivity contribution in [2.75, 3.05) is 150 Å². The zero-order valence-electron chi connectivity index (χ0n) is 56.2. The van der Waals surface area contributed by atoms with Gasteiger partial charge in [-0.1, -0.05) is 6.07 Å². The molecule has 0 bridgehead atoms. The van der Waals surface area contributed by atoms with Gasteiger partial charge in [0.25, 0.3) is 5.91 Å². The number of ether oxygens (including phenoxy) is 5. The second-order valence-electron chi connectivity index (χ2n) is 23.0. The quantitative estimate of drug-likeness (QED) is 0.0141. The zero-order valence-corrected chi connectivity index (χ0v) is 58.6. The smallest absolute Gasteiger partial charge is 0.325 e. The van der Waals surface area contributed by atoms with Crippen molar-refractivity contribution in [3.63, 3.8) is 0 Å². The number of carbonyl (C=O) groups excluding carboxylic acids is 9. The first-order valence-corrected chi connectivity index (χ1v) is 35.6. The lowest BCUT2D eigenvalue weighted by Crippen LogP contribution is -2.58. The minimum absolute atomic E-state index is 0.0433. The van der Waals surface area contributed by atoms with Gasteiger partial charge >= 0.3 is 23.9 Å². The molecule has 1 aliphatic heterocycles. The van der Waals surface area contributed by atoms with Crippen LogP contribution in [-0.2, 0) is 88.0 Å². The van der Waals surface area contributed by atoms with Crippen LogP contribution in [0.4, 0.5) is 5.95 Å². The predicted molar refractivity (Wildman–Crippen MR) is 361 cm³/mol. The highest BCUT2D eigenvalue weighted by molar-refractivity contribution is 8.19. The minimum Gasteiger partial charge on any atom is -0.494 e. The molecule has 4 aromatic rings. The first kappa shape index (κ1) is 81.6. The molecule has 0 unspecified atom stereocenters. The molecule has 552 valence electrons. The molecule has 37 nitrogen and oxygen atoms in total. The van der Waals surface area contributed by atoms with Crippen LogP contribution in [0, 0.1) is 13.8 Å². The van der Waals surface area contributed by atoms with Gasteiger partial charge in [0.15, 0.2) is 0 Å². The Bertz CT molecular complexity index is 3600. The molecule has 1 aliphatic rings. The Morgan fingerprint density at radius 3 is 1.63 bits per heavy atom. The van der Waals surface area contributed by atoms with Gasteiger partial charge in [0.05, 0.1) is 105 Å². The van der Waals surface area contributed by atoms with Crippen molar-refractivity contribution in [1.29, 1.82) is 0 Å². The van der Waals surface area contributed by atoms with Crippen LogP contribution in [0.1, 0.15) is 39.9 Å². The highest BCUT2D eigenvalue weighted by Crippen LogP contribution is 2.35. The van der Waals surface area contributed by atoms with E-state index in [1.807, 2.05) is 11.6 Å². The second kappa shape index (κ2) is 38.5. The lowest BCUT2D eigenvalue weighted by molar-refractivity contribution is -0.144. The van der Waals surface area contributed by atoms with Gasteiger partial charge in [-0.3, -0.25) is 67.5 Å². The summed E-state index contributed by atoms with van der Waals surface area (Å²) in [6.45, 7) is 2.63. The molecule has 3 atom stereocenters. The van der Waals surface area contributed by atoms with Crippen LogP contribution in [0.15, 0.2) is 58.6 Å². The summed E-state index contributed by atoms with van der Waals surface area (Å²) in [5, 5.41) is 15.2. The Kier molecular flexibility index (Phi) is 31.7. The normalized spacial score (nSPS) is 15.3. The molecule has 0 aliphatic carbocycles. The summed E-state index contributed by atoms with van der Waals surface area (Å²) in [5.74, 6) is -9.08. The maximum absolute atomic E-state index is 13.9. The third kappa shape index (κ3) is 27.2. The molecule has 0 radical (unpaired) electrons. The first-order valence-electron chi connectivity index (χ1n) is 30.8. The number of sulfonamides is 1. The number of amides is 5. The fourth-order valence-electron chi connectivity index (χ4n) is 10.3. The van der Waals surface area contributed by atoms with Gasteiger partial charge in [-0.2, -0.15) is 4.72 Å². The van der Waals surface area contributed by atoms with Crippen molar-refractivity contribution in [1.82, 2.24) is 65.0 Å². The average molecular weight is 1460 g/mol. The Hall–Kier alpha value is -8.10. The molecule has 0 spiro atoms. The molecule has 3 heterocycles. The van der Waals surface area contributed by atoms with Gasteiger partial charge in [-0.25, -0.2) is 13.4 Å². The van der Waals surface area contributed by atoms with E-state index in [1.54, 1.807) is 61.8 Å². The number of nitrogens with one attached hydrogen (secondary N) is 7. The van der Waals surface area contributed by atoms with Gasteiger partial charge in [-0.05, 0) is 61.2 Å². The number of aryl methyl sites for hydroxylation is 4. The number of nitrogens with zero attached hydrogens (tertiary/aromatic N) is 7. The molecule has 5 amide bonds.